The summed E-state index contributed by atoms with van der Waals surface area (Å²) in [5.41, 5.74) is 1.30. The van der Waals surface area contributed by atoms with Crippen LogP contribution < -0.4 is 5.32 Å². The van der Waals surface area contributed by atoms with Gasteiger partial charge in [0.15, 0.2) is 0 Å². The highest BCUT2D eigenvalue weighted by Crippen LogP contribution is 2.28. The van der Waals surface area contributed by atoms with E-state index in [2.05, 4.69) is 10.3 Å². The maximum Gasteiger partial charge on any atom is 0.270 e. The van der Waals surface area contributed by atoms with Gasteiger partial charge in [-0.3, -0.25) is 19.9 Å². The number of halogens is 1. The van der Waals surface area contributed by atoms with Crippen molar-refractivity contribution >= 4 is 23.7 Å². The summed E-state index contributed by atoms with van der Waals surface area (Å²) in [4.78, 5) is 25.2. The number of nitrogens with one attached hydrogen (secondary N) is 1. The fourth-order valence-corrected chi connectivity index (χ4v) is 2.29. The lowest BCUT2D eigenvalue weighted by Crippen LogP contribution is -2.22. The van der Waals surface area contributed by atoms with Crippen molar-refractivity contribution in [3.05, 3.63) is 69.0 Å². The molecule has 0 aliphatic rings. The second-order valence-electron chi connectivity index (χ2n) is 4.33. The van der Waals surface area contributed by atoms with Gasteiger partial charge in [-0.05, 0) is 23.8 Å². The molecule has 0 fully saturated rings. The Morgan fingerprint density at radius 3 is 2.76 bits per heavy atom. The van der Waals surface area contributed by atoms with E-state index in [0.717, 1.165) is 5.69 Å². The summed E-state index contributed by atoms with van der Waals surface area (Å²) in [7, 11) is 0. The minimum atomic E-state index is -0.517. The fraction of sp³-hybridized carbons (Fsp3) is 0.143. The minimum Gasteiger partial charge on any atom is -0.351 e. The molecule has 2 rings (SSSR count). The highest BCUT2D eigenvalue weighted by molar-refractivity contribution is 6.31. The number of rotatable bonds is 6. The Morgan fingerprint density at radius 1 is 1.38 bits per heavy atom. The quantitative estimate of drug-likeness (QED) is 0.505. The van der Waals surface area contributed by atoms with Crippen LogP contribution >= 0.6 is 11.6 Å². The predicted molar refractivity (Wildman–Crippen MR) is 78.0 cm³/mol. The van der Waals surface area contributed by atoms with E-state index >= 15 is 0 Å². The Bertz CT molecular complexity index is 649. The number of benzene rings is 1. The molecule has 0 saturated carbocycles. The maximum absolute atomic E-state index is 10.8. The van der Waals surface area contributed by atoms with E-state index < -0.39 is 11.0 Å². The van der Waals surface area contributed by atoms with Crippen LogP contribution in [0.4, 0.5) is 5.69 Å². The molecule has 0 radical (unpaired) electrons. The Balaban J connectivity index is 2.29. The van der Waals surface area contributed by atoms with E-state index in [0.29, 0.717) is 18.4 Å². The topological polar surface area (TPSA) is 85.1 Å². The normalized spacial score (nSPS) is 11.7. The van der Waals surface area contributed by atoms with Gasteiger partial charge >= 0.3 is 0 Å². The highest BCUT2D eigenvalue weighted by Gasteiger charge is 2.18. The molecule has 0 saturated heterocycles. The van der Waals surface area contributed by atoms with Crippen LogP contribution in [0.15, 0.2) is 42.6 Å². The zero-order valence-corrected chi connectivity index (χ0v) is 11.7. The summed E-state index contributed by atoms with van der Waals surface area (Å²) in [5.74, 6) is 0. The van der Waals surface area contributed by atoms with Gasteiger partial charge < -0.3 is 5.32 Å². The molecule has 2 aromatic rings. The van der Waals surface area contributed by atoms with Gasteiger partial charge in [0.05, 0.1) is 16.0 Å². The summed E-state index contributed by atoms with van der Waals surface area (Å²) < 4.78 is 0. The molecule has 0 bridgehead atoms. The first-order chi connectivity index (χ1) is 10.1. The molecule has 7 heteroatoms. The van der Waals surface area contributed by atoms with Gasteiger partial charge in [0.1, 0.15) is 0 Å². The predicted octanol–water partition coefficient (Wildman–Crippen LogP) is 2.67. The van der Waals surface area contributed by atoms with Crippen molar-refractivity contribution in [1.82, 2.24) is 10.3 Å². The van der Waals surface area contributed by atoms with Gasteiger partial charge in [0.2, 0.25) is 6.41 Å². The molecule has 1 aromatic carbocycles. The molecule has 0 spiro atoms. The molecule has 1 amide bonds. The monoisotopic (exact) mass is 305 g/mol. The number of carbonyl (C=O) groups is 1. The third-order valence-corrected chi connectivity index (χ3v) is 3.31. The number of non-ortho nitro benzene ring substituents is 1. The molecule has 1 unspecified atom stereocenters. The number of hydrogen-bond donors (Lipinski definition) is 1. The second-order valence-corrected chi connectivity index (χ2v) is 4.73. The molecule has 1 aromatic heterocycles. The van der Waals surface area contributed by atoms with Gasteiger partial charge in [-0.25, -0.2) is 0 Å². The number of nitro groups is 1. The Kier molecular flexibility index (Phi) is 4.84. The van der Waals surface area contributed by atoms with E-state index in [4.69, 9.17) is 11.6 Å². The molecule has 21 heavy (non-hydrogen) atoms. The molecule has 1 atom stereocenters. The van der Waals surface area contributed by atoms with Crippen molar-refractivity contribution in [3.63, 3.8) is 0 Å². The molecule has 1 heterocycles. The zero-order valence-electron chi connectivity index (χ0n) is 10.9. The van der Waals surface area contributed by atoms with Crippen molar-refractivity contribution in [3.8, 4) is 0 Å². The smallest absolute Gasteiger partial charge is 0.270 e. The zero-order chi connectivity index (χ0) is 15.2. The van der Waals surface area contributed by atoms with Gasteiger partial charge in [0, 0.05) is 30.4 Å². The lowest BCUT2D eigenvalue weighted by atomic mass is 10.0. The Labute approximate surface area is 125 Å². The van der Waals surface area contributed by atoms with Gasteiger partial charge in [0.25, 0.3) is 5.69 Å². The van der Waals surface area contributed by atoms with E-state index in [9.17, 15) is 14.9 Å². The first kappa shape index (κ1) is 14.9. The SMILES string of the molecule is O=CNC(Cc1ccccn1)c1ccc([N+](=O)[O-])cc1Cl. The molecular weight excluding hydrogens is 294 g/mol. The lowest BCUT2D eigenvalue weighted by Gasteiger charge is -2.17. The van der Waals surface area contributed by atoms with Crippen molar-refractivity contribution in [1.29, 1.82) is 0 Å². The van der Waals surface area contributed by atoms with Crippen LogP contribution in [0.3, 0.4) is 0 Å². The van der Waals surface area contributed by atoms with Crippen molar-refractivity contribution in [2.24, 2.45) is 0 Å². The Hall–Kier alpha value is -2.47. The molecule has 1 N–H and O–H groups in total. The molecule has 0 aliphatic heterocycles. The van der Waals surface area contributed by atoms with Crippen molar-refractivity contribution < 1.29 is 9.72 Å². The molecule has 6 nitrogen and oxygen atoms in total. The van der Waals surface area contributed by atoms with Crippen molar-refractivity contribution in [2.75, 3.05) is 0 Å². The van der Waals surface area contributed by atoms with Crippen LogP contribution in [0.5, 0.6) is 0 Å². The average Bonchev–Trinajstić information content (AvgIpc) is 2.48. The fourth-order valence-electron chi connectivity index (χ4n) is 1.98. The summed E-state index contributed by atoms with van der Waals surface area (Å²) in [5, 5.41) is 13.6. The summed E-state index contributed by atoms with van der Waals surface area (Å²) in [6.45, 7) is 0. The number of amides is 1. The number of carbonyl (C=O) groups excluding carboxylic acids is 1. The molecule has 108 valence electrons. The molecular formula is C14H12ClN3O3. The Morgan fingerprint density at radius 2 is 2.19 bits per heavy atom. The number of hydrogen-bond acceptors (Lipinski definition) is 4. The summed E-state index contributed by atoms with van der Waals surface area (Å²) in [6, 6.07) is 9.25. The summed E-state index contributed by atoms with van der Waals surface area (Å²) in [6.07, 6.45) is 2.67. The average molecular weight is 306 g/mol. The van der Waals surface area contributed by atoms with E-state index in [-0.39, 0.29) is 10.7 Å². The number of nitro benzene ring substituents is 1. The largest absolute Gasteiger partial charge is 0.351 e. The number of pyridine rings is 1. The minimum absolute atomic E-state index is 0.0913. The van der Waals surface area contributed by atoms with Gasteiger partial charge in [-0.2, -0.15) is 0 Å². The van der Waals surface area contributed by atoms with Crippen LogP contribution in [0.1, 0.15) is 17.3 Å². The van der Waals surface area contributed by atoms with E-state index in [1.165, 1.54) is 12.1 Å². The number of aromatic nitrogens is 1. The maximum atomic E-state index is 10.8. The summed E-state index contributed by atoms with van der Waals surface area (Å²) >= 11 is 6.09. The van der Waals surface area contributed by atoms with Crippen LogP contribution in [0.25, 0.3) is 0 Å². The third kappa shape index (κ3) is 3.76. The van der Waals surface area contributed by atoms with Gasteiger partial charge in [-0.1, -0.05) is 17.7 Å². The highest BCUT2D eigenvalue weighted by atomic mass is 35.5. The lowest BCUT2D eigenvalue weighted by molar-refractivity contribution is -0.384. The standard InChI is InChI=1S/C14H12ClN3O3/c15-13-8-11(18(20)21)4-5-12(13)14(17-9-19)7-10-3-1-2-6-16-10/h1-6,8-9,14H,7H2,(H,17,19). The number of nitrogens with zero attached hydrogens (tertiary/aromatic N) is 2. The van der Waals surface area contributed by atoms with Crippen LogP contribution in [-0.2, 0) is 11.2 Å². The second kappa shape index (κ2) is 6.81. The third-order valence-electron chi connectivity index (χ3n) is 2.98. The van der Waals surface area contributed by atoms with Crippen LogP contribution in [-0.4, -0.2) is 16.3 Å². The van der Waals surface area contributed by atoms with Crippen LogP contribution in [0, 0.1) is 10.1 Å². The molecule has 0 aliphatic carbocycles. The van der Waals surface area contributed by atoms with E-state index in [1.807, 2.05) is 12.1 Å². The van der Waals surface area contributed by atoms with Gasteiger partial charge in [-0.15, -0.1) is 0 Å². The van der Waals surface area contributed by atoms with E-state index in [1.54, 1.807) is 18.3 Å². The first-order valence-electron chi connectivity index (χ1n) is 6.15. The first-order valence-corrected chi connectivity index (χ1v) is 6.53. The van der Waals surface area contributed by atoms with Crippen LogP contribution in [0.2, 0.25) is 5.02 Å². The van der Waals surface area contributed by atoms with Crippen molar-refractivity contribution in [2.45, 2.75) is 12.5 Å².